The summed E-state index contributed by atoms with van der Waals surface area (Å²) in [5.74, 6) is 4.92. The molecule has 1 spiro atoms. The number of oxazole rings is 1. The van der Waals surface area contributed by atoms with Gasteiger partial charge in [0.05, 0.1) is 41.4 Å². The lowest BCUT2D eigenvalue weighted by atomic mass is 9.75. The number of hydrogen-bond acceptors (Lipinski definition) is 7. The Morgan fingerprint density at radius 3 is 2.44 bits per heavy atom. The Hall–Kier alpha value is -3.73. The van der Waals surface area contributed by atoms with Crippen LogP contribution in [0.5, 0.6) is 0 Å². The van der Waals surface area contributed by atoms with Crippen molar-refractivity contribution in [3.8, 4) is 11.8 Å². The molecule has 9 nitrogen and oxygen atoms in total. The van der Waals surface area contributed by atoms with E-state index >= 15 is 0 Å². The molecule has 3 aliphatic rings. The molecule has 2 saturated heterocycles. The first-order valence-corrected chi connectivity index (χ1v) is 16.9. The van der Waals surface area contributed by atoms with Crippen molar-refractivity contribution in [2.45, 2.75) is 61.9 Å². The maximum absolute atomic E-state index is 13.7. The molecular weight excluding hydrogens is 609 g/mol. The molecule has 1 aliphatic carbocycles. The number of fused-ring (bicyclic) bond motifs is 2. The largest absolute Gasteiger partial charge is 0.420 e. The van der Waals surface area contributed by atoms with E-state index in [1.165, 1.54) is 22.8 Å². The topological polar surface area (TPSA) is 98.7 Å². The van der Waals surface area contributed by atoms with Crippen LogP contribution in [0, 0.1) is 17.3 Å². The van der Waals surface area contributed by atoms with Gasteiger partial charge in [-0.25, -0.2) is 13.2 Å². The van der Waals surface area contributed by atoms with E-state index in [1.54, 1.807) is 18.2 Å². The van der Waals surface area contributed by atoms with Crippen molar-refractivity contribution in [1.82, 2.24) is 14.0 Å². The molecular formula is C32H33F3N4O5S. The third kappa shape index (κ3) is 5.87. The minimum atomic E-state index is -4.47. The summed E-state index contributed by atoms with van der Waals surface area (Å²) in [6, 6.07) is 11.8. The molecule has 2 aliphatic heterocycles. The molecule has 238 valence electrons. The highest BCUT2D eigenvalue weighted by molar-refractivity contribution is 7.90. The molecule has 4 heterocycles. The van der Waals surface area contributed by atoms with Gasteiger partial charge < -0.3 is 19.0 Å². The van der Waals surface area contributed by atoms with Gasteiger partial charge in [-0.1, -0.05) is 12.0 Å². The number of ether oxygens (including phenoxy) is 1. The lowest BCUT2D eigenvalue weighted by molar-refractivity contribution is -0.200. The molecule has 13 heteroatoms. The number of alkyl halides is 3. The monoisotopic (exact) mass is 642 g/mol. The van der Waals surface area contributed by atoms with E-state index in [9.17, 15) is 26.4 Å². The summed E-state index contributed by atoms with van der Waals surface area (Å²) >= 11 is 0. The zero-order valence-electron chi connectivity index (χ0n) is 24.7. The maximum Gasteiger partial charge on any atom is 0.420 e. The molecule has 7 rings (SSSR count). The van der Waals surface area contributed by atoms with Gasteiger partial charge in [-0.15, -0.1) is 0 Å². The molecule has 2 aromatic carbocycles. The van der Waals surface area contributed by atoms with E-state index in [-0.39, 0.29) is 28.8 Å². The Bertz CT molecular complexity index is 2000. The van der Waals surface area contributed by atoms with E-state index in [4.69, 9.17) is 9.15 Å². The summed E-state index contributed by atoms with van der Waals surface area (Å²) in [5.41, 5.74) is 2.18. The fourth-order valence-corrected chi connectivity index (χ4v) is 7.59. The SMILES string of the molecule is CS(=O)(=O)c1ccc2c(c1)oc(=O)n2CC#Cc1cc2c(N[C@H]3CC[C@@H](N4CC5(COC5)C4)CC3)cccc2n1CC(F)(F)F. The first-order valence-electron chi connectivity index (χ1n) is 15.0. The number of rotatable bonds is 6. The van der Waals surface area contributed by atoms with Crippen LogP contribution in [0.2, 0.25) is 0 Å². The number of aromatic nitrogens is 2. The summed E-state index contributed by atoms with van der Waals surface area (Å²) in [6.45, 7) is 2.61. The van der Waals surface area contributed by atoms with Crippen LogP contribution in [-0.2, 0) is 27.7 Å². The summed E-state index contributed by atoms with van der Waals surface area (Å²) in [7, 11) is -3.51. The normalized spacial score (nSPS) is 21.8. The highest BCUT2D eigenvalue weighted by Crippen LogP contribution is 2.41. The molecule has 0 unspecified atom stereocenters. The molecule has 3 fully saturated rings. The summed E-state index contributed by atoms with van der Waals surface area (Å²) < 4.78 is 77.9. The molecule has 0 radical (unpaired) electrons. The van der Waals surface area contributed by atoms with Gasteiger partial charge in [0.25, 0.3) is 0 Å². The number of anilines is 1. The summed E-state index contributed by atoms with van der Waals surface area (Å²) in [5, 5.41) is 4.26. The molecule has 1 N–H and O–H groups in total. The van der Waals surface area contributed by atoms with Crippen molar-refractivity contribution in [1.29, 1.82) is 0 Å². The quantitative estimate of drug-likeness (QED) is 0.307. The first kappa shape index (κ1) is 30.0. The average Bonchev–Trinajstić information content (AvgIpc) is 3.43. The van der Waals surface area contributed by atoms with Crippen LogP contribution >= 0.6 is 0 Å². The number of sulfone groups is 1. The maximum atomic E-state index is 13.7. The Kier molecular flexibility index (Phi) is 7.30. The van der Waals surface area contributed by atoms with Crippen LogP contribution < -0.4 is 11.1 Å². The third-order valence-corrected chi connectivity index (χ3v) is 10.4. The fourth-order valence-electron chi connectivity index (χ4n) is 6.95. The van der Waals surface area contributed by atoms with Crippen LogP contribution in [0.15, 0.2) is 56.6 Å². The van der Waals surface area contributed by atoms with E-state index in [0.29, 0.717) is 27.9 Å². The minimum Gasteiger partial charge on any atom is -0.408 e. The Morgan fingerprint density at radius 2 is 1.78 bits per heavy atom. The van der Waals surface area contributed by atoms with Gasteiger partial charge in [-0.3, -0.25) is 9.47 Å². The second kappa shape index (κ2) is 11.0. The Balaban J connectivity index is 1.11. The minimum absolute atomic E-state index is 0.00431. The number of halogens is 3. The highest BCUT2D eigenvalue weighted by Gasteiger charge is 2.50. The molecule has 0 bridgehead atoms. The van der Waals surface area contributed by atoms with Gasteiger partial charge in [-0.05, 0) is 61.9 Å². The number of nitrogens with zero attached hydrogens (tertiary/aromatic N) is 3. The average molecular weight is 643 g/mol. The zero-order chi connectivity index (χ0) is 31.6. The van der Waals surface area contributed by atoms with Crippen LogP contribution in [0.4, 0.5) is 18.9 Å². The number of likely N-dealkylation sites (tertiary alicyclic amines) is 1. The molecule has 1 saturated carbocycles. The van der Waals surface area contributed by atoms with Crippen molar-refractivity contribution in [3.05, 3.63) is 58.7 Å². The van der Waals surface area contributed by atoms with Gasteiger partial charge >= 0.3 is 11.9 Å². The second-order valence-corrected chi connectivity index (χ2v) is 14.7. The number of hydrogen-bond donors (Lipinski definition) is 1. The van der Waals surface area contributed by atoms with Crippen molar-refractivity contribution >= 4 is 37.5 Å². The van der Waals surface area contributed by atoms with E-state index in [2.05, 4.69) is 22.1 Å². The number of benzene rings is 2. The molecule has 4 aromatic rings. The molecule has 0 amide bonds. The Labute approximate surface area is 257 Å². The van der Waals surface area contributed by atoms with Gasteiger partial charge in [0.1, 0.15) is 6.54 Å². The van der Waals surface area contributed by atoms with Gasteiger partial charge in [0, 0.05) is 54.0 Å². The zero-order valence-corrected chi connectivity index (χ0v) is 25.5. The molecule has 45 heavy (non-hydrogen) atoms. The Morgan fingerprint density at radius 1 is 1.02 bits per heavy atom. The van der Waals surface area contributed by atoms with Crippen molar-refractivity contribution in [2.24, 2.45) is 5.41 Å². The smallest absolute Gasteiger partial charge is 0.408 e. The predicted octanol–water partition coefficient (Wildman–Crippen LogP) is 4.62. The van der Waals surface area contributed by atoms with Gasteiger partial charge in [0.15, 0.2) is 15.4 Å². The van der Waals surface area contributed by atoms with Crippen LogP contribution in [0.25, 0.3) is 22.0 Å². The number of nitrogens with one attached hydrogen (secondary N) is 1. The van der Waals surface area contributed by atoms with Crippen LogP contribution in [0.1, 0.15) is 31.4 Å². The van der Waals surface area contributed by atoms with Crippen molar-refractivity contribution in [3.63, 3.8) is 0 Å². The second-order valence-electron chi connectivity index (χ2n) is 12.7. The van der Waals surface area contributed by atoms with Crippen LogP contribution in [0.3, 0.4) is 0 Å². The molecule has 0 atom stereocenters. The third-order valence-electron chi connectivity index (χ3n) is 9.27. The van der Waals surface area contributed by atoms with E-state index in [0.717, 1.165) is 68.5 Å². The van der Waals surface area contributed by atoms with Crippen LogP contribution in [-0.4, -0.2) is 73.3 Å². The fraction of sp³-hybridized carbons (Fsp3) is 0.469. The summed E-state index contributed by atoms with van der Waals surface area (Å²) in [4.78, 5) is 15.1. The highest BCUT2D eigenvalue weighted by atomic mass is 32.2. The van der Waals surface area contributed by atoms with Gasteiger partial charge in [-0.2, -0.15) is 13.2 Å². The van der Waals surface area contributed by atoms with Crippen molar-refractivity contribution < 1.29 is 30.7 Å². The van der Waals surface area contributed by atoms with E-state index < -0.39 is 28.3 Å². The standard InChI is InChI=1S/C32H33F3N4O5S/c1-45(41,42)24-11-12-28-29(15-24)44-30(40)38(28)13-3-4-23-14-25-26(5-2-6-27(25)39(23)18-32(33,34)35)36-21-7-9-22(10-8-21)37-16-31(17-37)19-43-20-31/h2,5-6,11-12,14-15,21-22,36H,7-10,13,16-20H2,1H3/t21-,22+. The first-order chi connectivity index (χ1) is 21.4. The predicted molar refractivity (Wildman–Crippen MR) is 163 cm³/mol. The lowest BCUT2D eigenvalue weighted by Gasteiger charge is -2.58. The lowest BCUT2D eigenvalue weighted by Crippen LogP contribution is -2.68. The van der Waals surface area contributed by atoms with E-state index in [1.807, 2.05) is 6.07 Å². The summed E-state index contributed by atoms with van der Waals surface area (Å²) in [6.07, 6.45) is 0.697. The molecule has 2 aromatic heterocycles. The van der Waals surface area contributed by atoms with Crippen molar-refractivity contribution in [2.75, 3.05) is 37.9 Å². The van der Waals surface area contributed by atoms with Gasteiger partial charge in [0.2, 0.25) is 0 Å².